The maximum atomic E-state index is 16.9. The van der Waals surface area contributed by atoms with E-state index in [0.29, 0.717) is 60.5 Å². The first-order chi connectivity index (χ1) is 36.6. The topological polar surface area (TPSA) is 9.23 Å². The van der Waals surface area contributed by atoms with E-state index in [0.717, 1.165) is 97.0 Å². The van der Waals surface area contributed by atoms with Crippen LogP contribution in [0.2, 0.25) is 0 Å². The quantitative estimate of drug-likeness (QED) is 0.0854. The molecule has 1 nitrogen and oxygen atoms in total. The smallest absolute Gasteiger partial charge is 0.201 e. The first-order valence-corrected chi connectivity index (χ1v) is 33.3. The second-order valence-electron chi connectivity index (χ2n) is 27.3. The molecule has 424 valence electrons. The van der Waals surface area contributed by atoms with Gasteiger partial charge in [-0.25, -0.2) is 8.78 Å². The Morgan fingerprint density at radius 3 is 0.827 bits per heavy atom. The Morgan fingerprint density at radius 2 is 0.560 bits per heavy atom. The summed E-state index contributed by atoms with van der Waals surface area (Å²) in [4.78, 5) is 0. The number of benzene rings is 2. The molecule has 0 radical (unpaired) electrons. The maximum absolute atomic E-state index is 16.9. The van der Waals surface area contributed by atoms with Crippen LogP contribution in [-0.2, 0) is 25.7 Å². The van der Waals surface area contributed by atoms with Crippen LogP contribution < -0.4 is 4.74 Å². The minimum absolute atomic E-state index is 0.285. The lowest BCUT2D eigenvalue weighted by Crippen LogP contribution is -2.26. The van der Waals surface area contributed by atoms with Gasteiger partial charge in [0.2, 0.25) is 11.6 Å². The molecule has 75 heavy (non-hydrogen) atoms. The molecule has 0 unspecified atom stereocenters. The van der Waals surface area contributed by atoms with E-state index in [-0.39, 0.29) is 11.5 Å². The second-order valence-corrected chi connectivity index (χ2v) is 27.3. The largest absolute Gasteiger partial charge is 0.451 e. The van der Waals surface area contributed by atoms with Gasteiger partial charge in [0.15, 0.2) is 23.1 Å². The zero-order valence-electron chi connectivity index (χ0n) is 48.7. The molecule has 0 heterocycles. The molecule has 8 rings (SSSR count). The standard InChI is InChI=1S/C70H110F4O/c1-5-9-13-49-17-21-55(22-18-49)45-61-47-65(69(73)67(71)63(61)43-33-53-29-39-59(40-30-53)57-35-25-51(26-36-57)15-11-7-3)75-66-48-62(46-56-23-19-50(20-24-56)14-10-6-2)64(68(72)70(66)74)44-34-54-31-41-60(42-32-54)58-37-27-52(28-38-58)16-12-8-4/h47-60H,5-46H2,1-4H3. The fourth-order valence-electron chi connectivity index (χ4n) is 17.1. The lowest BCUT2D eigenvalue weighted by Gasteiger charge is -2.38. The van der Waals surface area contributed by atoms with Crippen LogP contribution in [0.3, 0.4) is 0 Å². The molecule has 0 bridgehead atoms. The summed E-state index contributed by atoms with van der Waals surface area (Å²) in [6, 6.07) is 3.42. The molecule has 6 aliphatic rings. The first kappa shape index (κ1) is 59.1. The molecule has 5 heteroatoms. The maximum Gasteiger partial charge on any atom is 0.201 e. The highest BCUT2D eigenvalue weighted by Gasteiger charge is 2.35. The van der Waals surface area contributed by atoms with Gasteiger partial charge in [0, 0.05) is 0 Å². The fraction of sp³-hybridized carbons (Fsp3) is 0.829. The zero-order valence-corrected chi connectivity index (χ0v) is 48.7. The van der Waals surface area contributed by atoms with E-state index < -0.39 is 23.3 Å². The van der Waals surface area contributed by atoms with Crippen LogP contribution >= 0.6 is 0 Å². The summed E-state index contributed by atoms with van der Waals surface area (Å²) in [6.45, 7) is 9.15. The summed E-state index contributed by atoms with van der Waals surface area (Å²) in [5, 5.41) is 0. The molecule has 2 aromatic rings. The van der Waals surface area contributed by atoms with Crippen LogP contribution in [0.4, 0.5) is 17.6 Å². The van der Waals surface area contributed by atoms with Crippen molar-refractivity contribution >= 4 is 0 Å². The first-order valence-electron chi connectivity index (χ1n) is 33.3. The predicted octanol–water partition coefficient (Wildman–Crippen LogP) is 22.6. The van der Waals surface area contributed by atoms with Crippen molar-refractivity contribution in [2.45, 2.75) is 297 Å². The molecular weight excluding hydrogens is 933 g/mol. The Bertz CT molecular complexity index is 1800. The number of rotatable bonds is 26. The fourth-order valence-corrected chi connectivity index (χ4v) is 17.1. The molecule has 0 N–H and O–H groups in total. The number of ether oxygens (including phenoxy) is 1. The average molecular weight is 1040 g/mol. The van der Waals surface area contributed by atoms with Gasteiger partial charge in [-0.15, -0.1) is 0 Å². The molecule has 0 amide bonds. The highest BCUT2D eigenvalue weighted by molar-refractivity contribution is 5.45. The number of unbranched alkanes of at least 4 members (excludes halogenated alkanes) is 4. The molecule has 0 aromatic heterocycles. The molecule has 0 spiro atoms. The van der Waals surface area contributed by atoms with Gasteiger partial charge in [-0.1, -0.05) is 182 Å². The van der Waals surface area contributed by atoms with Crippen LogP contribution in [-0.4, -0.2) is 0 Å². The molecule has 6 aliphatic carbocycles. The summed E-state index contributed by atoms with van der Waals surface area (Å²) in [5.74, 6) is 4.30. The molecule has 6 saturated carbocycles. The molecule has 6 fully saturated rings. The van der Waals surface area contributed by atoms with Crippen molar-refractivity contribution in [1.82, 2.24) is 0 Å². The van der Waals surface area contributed by atoms with Gasteiger partial charge in [-0.2, -0.15) is 8.78 Å². The van der Waals surface area contributed by atoms with Crippen molar-refractivity contribution < 1.29 is 22.3 Å². The van der Waals surface area contributed by atoms with E-state index >= 15 is 17.6 Å². The third-order valence-electron chi connectivity index (χ3n) is 22.3. The third-order valence-corrected chi connectivity index (χ3v) is 22.3. The van der Waals surface area contributed by atoms with Crippen molar-refractivity contribution in [2.75, 3.05) is 0 Å². The molecule has 0 saturated heterocycles. The van der Waals surface area contributed by atoms with Crippen molar-refractivity contribution in [1.29, 1.82) is 0 Å². The Hall–Kier alpha value is -2.04. The summed E-state index contributed by atoms with van der Waals surface area (Å²) < 4.78 is 73.6. The summed E-state index contributed by atoms with van der Waals surface area (Å²) in [5.41, 5.74) is 2.64. The minimum atomic E-state index is -1.05. The van der Waals surface area contributed by atoms with E-state index in [1.54, 1.807) is 12.1 Å². The molecule has 0 atom stereocenters. The van der Waals surface area contributed by atoms with E-state index in [4.69, 9.17) is 4.74 Å². The van der Waals surface area contributed by atoms with Crippen LogP contribution in [0.25, 0.3) is 0 Å². The highest BCUT2D eigenvalue weighted by Crippen LogP contribution is 2.47. The summed E-state index contributed by atoms with van der Waals surface area (Å²) in [6.07, 6.45) is 50.1. The van der Waals surface area contributed by atoms with Gasteiger partial charge >= 0.3 is 0 Å². The van der Waals surface area contributed by atoms with E-state index in [1.165, 1.54) is 205 Å². The number of hydrogen-bond donors (Lipinski definition) is 0. The lowest BCUT2D eigenvalue weighted by atomic mass is 9.68. The minimum Gasteiger partial charge on any atom is -0.451 e. The third kappa shape index (κ3) is 17.0. The van der Waals surface area contributed by atoms with Crippen LogP contribution in [0, 0.1) is 94.3 Å². The van der Waals surface area contributed by atoms with E-state index in [1.807, 2.05) is 0 Å². The van der Waals surface area contributed by atoms with Gasteiger partial charge in [-0.3, -0.25) is 0 Å². The van der Waals surface area contributed by atoms with Crippen LogP contribution in [0.1, 0.15) is 294 Å². The predicted molar refractivity (Wildman–Crippen MR) is 308 cm³/mol. The van der Waals surface area contributed by atoms with Crippen LogP contribution in [0.15, 0.2) is 12.1 Å². The molecule has 0 aliphatic heterocycles. The average Bonchev–Trinajstić information content (AvgIpc) is 3.44. The van der Waals surface area contributed by atoms with Crippen molar-refractivity contribution in [2.24, 2.45) is 71.0 Å². The van der Waals surface area contributed by atoms with Crippen molar-refractivity contribution in [3.63, 3.8) is 0 Å². The number of halogens is 4. The van der Waals surface area contributed by atoms with Gasteiger partial charge in [0.1, 0.15) is 0 Å². The summed E-state index contributed by atoms with van der Waals surface area (Å²) >= 11 is 0. The van der Waals surface area contributed by atoms with E-state index in [9.17, 15) is 0 Å². The Labute approximate surface area is 457 Å². The van der Waals surface area contributed by atoms with E-state index in [2.05, 4.69) is 27.7 Å². The van der Waals surface area contributed by atoms with Gasteiger partial charge in [0.05, 0.1) is 0 Å². The molecular formula is C70H110F4O. The monoisotopic (exact) mass is 1040 g/mol. The van der Waals surface area contributed by atoms with Gasteiger partial charge in [0.25, 0.3) is 0 Å². The lowest BCUT2D eigenvalue weighted by molar-refractivity contribution is 0.140. The van der Waals surface area contributed by atoms with Crippen molar-refractivity contribution in [3.05, 3.63) is 57.7 Å². The van der Waals surface area contributed by atoms with Gasteiger partial charge < -0.3 is 4.74 Å². The highest BCUT2D eigenvalue weighted by atomic mass is 19.2. The number of hydrogen-bond acceptors (Lipinski definition) is 1. The van der Waals surface area contributed by atoms with Crippen molar-refractivity contribution in [3.8, 4) is 11.5 Å². The van der Waals surface area contributed by atoms with Crippen LogP contribution in [0.5, 0.6) is 11.5 Å². The zero-order chi connectivity index (χ0) is 52.5. The Kier molecular flexibility index (Phi) is 24.0. The SMILES string of the molecule is CCCCC1CCC(Cc2cc(Oc3cc(CC4CCC(CCCC)CC4)c(CCC4CCC(C5CCC(CCCC)CC5)CC4)c(F)c3F)c(F)c(F)c2CCC2CCC(C3CCC(CCCC)CC3)CC2)CC1. The second kappa shape index (κ2) is 30.5. The molecule has 2 aromatic carbocycles. The Morgan fingerprint density at radius 1 is 0.320 bits per heavy atom. The van der Waals surface area contributed by atoms with Gasteiger partial charge in [-0.05, 0) is 221 Å². The Balaban J connectivity index is 0.963. The normalized spacial score (nSPS) is 30.9. The summed E-state index contributed by atoms with van der Waals surface area (Å²) in [7, 11) is 0.